The summed E-state index contributed by atoms with van der Waals surface area (Å²) in [5.41, 5.74) is 20.7. The van der Waals surface area contributed by atoms with Gasteiger partial charge in [-0.25, -0.2) is 19.3 Å². The van der Waals surface area contributed by atoms with Gasteiger partial charge in [-0.3, -0.25) is 0 Å². The van der Waals surface area contributed by atoms with Crippen LogP contribution in [-0.4, -0.2) is 15.0 Å². The normalized spacial score (nSPS) is 12.1. The lowest BCUT2D eigenvalue weighted by Gasteiger charge is -2.40. The van der Waals surface area contributed by atoms with Crippen LogP contribution in [0.25, 0.3) is 45.3 Å². The summed E-state index contributed by atoms with van der Waals surface area (Å²) in [6, 6.07) is 33.4. The molecule has 5 heteroatoms. The number of anilines is 3. The van der Waals surface area contributed by atoms with Gasteiger partial charge >= 0.3 is 0 Å². The molecule has 0 saturated carbocycles. The minimum absolute atomic E-state index is 0.290. The third kappa shape index (κ3) is 5.63. The molecule has 4 nitrogen and oxygen atoms in total. The van der Waals surface area contributed by atoms with E-state index in [2.05, 4.69) is 84.6 Å². The summed E-state index contributed by atoms with van der Waals surface area (Å²) in [5.74, 6) is 0.890. The van der Waals surface area contributed by atoms with Crippen molar-refractivity contribution < 1.29 is 4.39 Å². The summed E-state index contributed by atoms with van der Waals surface area (Å²) in [4.78, 5) is 17.1. The van der Waals surface area contributed by atoms with Crippen molar-refractivity contribution in [3.05, 3.63) is 165 Å². The lowest BCUT2D eigenvalue weighted by Crippen LogP contribution is -2.25. The van der Waals surface area contributed by atoms with Gasteiger partial charge in [-0.2, -0.15) is 0 Å². The standard InChI is InChI=1S/C48H43FN4/c1-27-29(3)33(7)44-39(31(27)5)26-40-32(6)28(2)30(4)34(8)45(40)53(44)43-22-16-15-21-38(43)37-23-24-42(49)41(25-37)48-51-46(35-17-11-9-12-18-35)50-47(52-48)36-19-13-10-14-20-36/h9-25H,26H2,1-8H3. The second-order valence-electron chi connectivity index (χ2n) is 14.4. The van der Waals surface area contributed by atoms with E-state index in [9.17, 15) is 0 Å². The van der Waals surface area contributed by atoms with E-state index in [0.29, 0.717) is 23.0 Å². The molecule has 0 bridgehead atoms. The Bertz CT molecular complexity index is 2450. The molecule has 262 valence electrons. The molecule has 1 aliphatic heterocycles. The van der Waals surface area contributed by atoms with Gasteiger partial charge in [0.1, 0.15) is 5.82 Å². The smallest absolute Gasteiger partial charge is 0.167 e. The molecule has 0 unspecified atom stereocenters. The van der Waals surface area contributed by atoms with Gasteiger partial charge in [-0.15, -0.1) is 0 Å². The van der Waals surface area contributed by atoms with E-state index in [1.165, 1.54) is 67.0 Å². The zero-order valence-corrected chi connectivity index (χ0v) is 31.7. The topological polar surface area (TPSA) is 41.9 Å². The fourth-order valence-electron chi connectivity index (χ4n) is 8.01. The Labute approximate surface area is 312 Å². The van der Waals surface area contributed by atoms with Crippen molar-refractivity contribution in [2.24, 2.45) is 0 Å². The Kier molecular flexibility index (Phi) is 8.53. The molecule has 1 aromatic heterocycles. The Hall–Kier alpha value is -5.94. The molecule has 1 aliphatic rings. The van der Waals surface area contributed by atoms with E-state index < -0.39 is 0 Å². The number of hydrogen-bond acceptors (Lipinski definition) is 4. The highest BCUT2D eigenvalue weighted by molar-refractivity contribution is 5.95. The van der Waals surface area contributed by atoms with Crippen molar-refractivity contribution in [1.29, 1.82) is 0 Å². The Balaban J connectivity index is 1.37. The zero-order chi connectivity index (χ0) is 37.1. The zero-order valence-electron chi connectivity index (χ0n) is 31.7. The molecule has 6 aromatic carbocycles. The predicted octanol–water partition coefficient (Wildman–Crippen LogP) is 12.5. The summed E-state index contributed by atoms with van der Waals surface area (Å²) < 4.78 is 16.1. The lowest BCUT2D eigenvalue weighted by molar-refractivity contribution is 0.630. The number of hydrogen-bond donors (Lipinski definition) is 0. The summed E-state index contributed by atoms with van der Waals surface area (Å²) in [7, 11) is 0. The molecule has 8 rings (SSSR count). The van der Waals surface area contributed by atoms with Crippen molar-refractivity contribution in [2.45, 2.75) is 61.8 Å². The lowest BCUT2D eigenvalue weighted by atomic mass is 9.80. The fraction of sp³-hybridized carbons (Fsp3) is 0.188. The molecule has 0 spiro atoms. The summed E-state index contributed by atoms with van der Waals surface area (Å²) in [5, 5.41) is 0. The monoisotopic (exact) mass is 694 g/mol. The van der Waals surface area contributed by atoms with Crippen LogP contribution in [0, 0.1) is 61.2 Å². The number of benzene rings is 6. The highest BCUT2D eigenvalue weighted by Gasteiger charge is 2.33. The minimum atomic E-state index is -0.390. The molecular weight excluding hydrogens is 652 g/mol. The van der Waals surface area contributed by atoms with Crippen LogP contribution in [0.15, 0.2) is 103 Å². The highest BCUT2D eigenvalue weighted by Crippen LogP contribution is 2.53. The SMILES string of the molecule is Cc1c(C)c(C)c2c(c1C)Cc1c(C)c(C)c(C)c(C)c1N2c1ccccc1-c1ccc(F)c(-c2nc(-c3ccccc3)nc(-c3ccccc3)n2)c1. The maximum Gasteiger partial charge on any atom is 0.167 e. The first-order valence-electron chi connectivity index (χ1n) is 18.3. The number of fused-ring (bicyclic) bond motifs is 2. The largest absolute Gasteiger partial charge is 0.309 e. The van der Waals surface area contributed by atoms with Gasteiger partial charge < -0.3 is 4.90 Å². The quantitative estimate of drug-likeness (QED) is 0.180. The molecule has 53 heavy (non-hydrogen) atoms. The van der Waals surface area contributed by atoms with Crippen LogP contribution in [0.1, 0.15) is 55.6 Å². The van der Waals surface area contributed by atoms with E-state index >= 15 is 4.39 Å². The highest BCUT2D eigenvalue weighted by atomic mass is 19.1. The first-order chi connectivity index (χ1) is 25.5. The van der Waals surface area contributed by atoms with Gasteiger partial charge in [-0.05, 0) is 135 Å². The van der Waals surface area contributed by atoms with Crippen molar-refractivity contribution >= 4 is 17.1 Å². The van der Waals surface area contributed by atoms with E-state index in [-0.39, 0.29) is 5.82 Å². The van der Waals surface area contributed by atoms with Gasteiger partial charge in [0.25, 0.3) is 0 Å². The first-order valence-corrected chi connectivity index (χ1v) is 18.3. The van der Waals surface area contributed by atoms with Crippen LogP contribution in [-0.2, 0) is 6.42 Å². The maximum atomic E-state index is 16.1. The first kappa shape index (κ1) is 34.2. The summed E-state index contributed by atoms with van der Waals surface area (Å²) >= 11 is 0. The second kappa shape index (κ2) is 13.2. The minimum Gasteiger partial charge on any atom is -0.309 e. The van der Waals surface area contributed by atoms with E-state index in [0.717, 1.165) is 34.4 Å². The molecule has 0 fully saturated rings. The van der Waals surface area contributed by atoms with Crippen molar-refractivity contribution in [3.8, 4) is 45.3 Å². The molecule has 0 aliphatic carbocycles. The van der Waals surface area contributed by atoms with Crippen LogP contribution >= 0.6 is 0 Å². The Morgan fingerprint density at radius 2 is 0.887 bits per heavy atom. The average Bonchev–Trinajstić information content (AvgIpc) is 3.20. The number of aromatic nitrogens is 3. The summed E-state index contributed by atoms with van der Waals surface area (Å²) in [6.45, 7) is 18.0. The maximum absolute atomic E-state index is 16.1. The van der Waals surface area contributed by atoms with E-state index in [1.54, 1.807) is 6.07 Å². The number of nitrogens with zero attached hydrogens (tertiary/aromatic N) is 4. The molecule has 0 saturated heterocycles. The van der Waals surface area contributed by atoms with Crippen molar-refractivity contribution in [3.63, 3.8) is 0 Å². The molecule has 0 N–H and O–H groups in total. The molecule has 0 atom stereocenters. The third-order valence-corrected chi connectivity index (χ3v) is 11.7. The van der Waals surface area contributed by atoms with Gasteiger partial charge in [-0.1, -0.05) is 84.9 Å². The van der Waals surface area contributed by atoms with Gasteiger partial charge in [0, 0.05) is 23.1 Å². The molecular formula is C48H43FN4. The molecule has 7 aromatic rings. The number of para-hydroxylation sites is 1. The van der Waals surface area contributed by atoms with Crippen LogP contribution in [0.2, 0.25) is 0 Å². The average molecular weight is 695 g/mol. The predicted molar refractivity (Wildman–Crippen MR) is 217 cm³/mol. The van der Waals surface area contributed by atoms with Crippen LogP contribution < -0.4 is 4.90 Å². The van der Waals surface area contributed by atoms with Crippen molar-refractivity contribution in [1.82, 2.24) is 15.0 Å². The number of halogens is 1. The Morgan fingerprint density at radius 1 is 0.434 bits per heavy atom. The summed E-state index contributed by atoms with van der Waals surface area (Å²) in [6.07, 6.45) is 0.887. The molecule has 0 amide bonds. The number of rotatable bonds is 5. The van der Waals surface area contributed by atoms with Crippen LogP contribution in [0.3, 0.4) is 0 Å². The van der Waals surface area contributed by atoms with Crippen LogP contribution in [0.4, 0.5) is 21.5 Å². The third-order valence-electron chi connectivity index (χ3n) is 11.7. The second-order valence-corrected chi connectivity index (χ2v) is 14.4. The van der Waals surface area contributed by atoms with Crippen LogP contribution in [0.5, 0.6) is 0 Å². The fourth-order valence-corrected chi connectivity index (χ4v) is 8.01. The van der Waals surface area contributed by atoms with Crippen molar-refractivity contribution in [2.75, 3.05) is 4.90 Å². The van der Waals surface area contributed by atoms with Gasteiger partial charge in [0.2, 0.25) is 0 Å². The Morgan fingerprint density at radius 3 is 1.42 bits per heavy atom. The van der Waals surface area contributed by atoms with E-state index in [1.807, 2.05) is 72.8 Å². The van der Waals surface area contributed by atoms with Gasteiger partial charge in [0.05, 0.1) is 22.6 Å². The molecule has 0 radical (unpaired) electrons. The van der Waals surface area contributed by atoms with Gasteiger partial charge in [0.15, 0.2) is 17.5 Å². The molecule has 2 heterocycles. The van der Waals surface area contributed by atoms with E-state index in [4.69, 9.17) is 15.0 Å².